The molecule has 0 fully saturated rings. The third kappa shape index (κ3) is 2.35. The highest BCUT2D eigenvalue weighted by molar-refractivity contribution is 5.66. The molecule has 0 aliphatic heterocycles. The Morgan fingerprint density at radius 3 is 2.67 bits per heavy atom. The number of rotatable bonds is 4. The Kier molecular flexibility index (Phi) is 3.59. The topological polar surface area (TPSA) is 68.5 Å². The Morgan fingerprint density at radius 1 is 1.14 bits per heavy atom. The molecule has 0 aliphatic carbocycles. The molecule has 21 heavy (non-hydrogen) atoms. The van der Waals surface area contributed by atoms with E-state index in [2.05, 4.69) is 32.5 Å². The van der Waals surface area contributed by atoms with Crippen molar-refractivity contribution in [3.63, 3.8) is 0 Å². The third-order valence-corrected chi connectivity index (χ3v) is 3.33. The maximum Gasteiger partial charge on any atom is 0.132 e. The summed E-state index contributed by atoms with van der Waals surface area (Å²) in [5, 5.41) is 11.3. The molecular weight excluding hydrogens is 264 g/mol. The predicted molar refractivity (Wildman–Crippen MR) is 81.3 cm³/mol. The van der Waals surface area contributed by atoms with Gasteiger partial charge in [-0.2, -0.15) is 0 Å². The Hall–Kier alpha value is -2.76. The Balaban J connectivity index is 2.17. The van der Waals surface area contributed by atoms with Gasteiger partial charge in [-0.25, -0.2) is 14.6 Å². The van der Waals surface area contributed by atoms with E-state index in [-0.39, 0.29) is 0 Å². The maximum absolute atomic E-state index is 4.43. The van der Waals surface area contributed by atoms with Gasteiger partial charge in [0, 0.05) is 12.6 Å². The number of aromatic nitrogens is 5. The van der Waals surface area contributed by atoms with Crippen LogP contribution in [0.4, 0.5) is 5.82 Å². The van der Waals surface area contributed by atoms with Crippen molar-refractivity contribution < 1.29 is 0 Å². The number of hydrogen-bond donors (Lipinski definition) is 1. The summed E-state index contributed by atoms with van der Waals surface area (Å²) in [6.45, 7) is 2.08. The molecule has 0 radical (unpaired) electrons. The first-order chi connectivity index (χ1) is 10.3. The van der Waals surface area contributed by atoms with Crippen molar-refractivity contribution in [1.82, 2.24) is 25.0 Å². The van der Waals surface area contributed by atoms with Crippen molar-refractivity contribution >= 4 is 5.82 Å². The van der Waals surface area contributed by atoms with Crippen LogP contribution in [0.15, 0.2) is 42.9 Å². The minimum Gasteiger partial charge on any atom is -0.373 e. The van der Waals surface area contributed by atoms with Crippen LogP contribution in [0.2, 0.25) is 0 Å². The highest BCUT2D eigenvalue weighted by atomic mass is 15.4. The fraction of sp³-hybridized carbons (Fsp3) is 0.200. The molecule has 3 aromatic rings. The van der Waals surface area contributed by atoms with Crippen molar-refractivity contribution in [2.24, 2.45) is 0 Å². The average Bonchev–Trinajstić information content (AvgIpc) is 3.04. The molecule has 2 heterocycles. The van der Waals surface area contributed by atoms with Crippen molar-refractivity contribution in [2.45, 2.75) is 13.3 Å². The molecule has 1 aromatic carbocycles. The van der Waals surface area contributed by atoms with Crippen LogP contribution in [0.1, 0.15) is 12.5 Å². The molecule has 0 saturated carbocycles. The molecule has 0 bridgehead atoms. The number of para-hydroxylation sites is 1. The fourth-order valence-corrected chi connectivity index (χ4v) is 2.34. The molecule has 2 aromatic heterocycles. The summed E-state index contributed by atoms with van der Waals surface area (Å²) in [4.78, 5) is 8.70. The van der Waals surface area contributed by atoms with E-state index in [1.807, 2.05) is 37.4 Å². The summed E-state index contributed by atoms with van der Waals surface area (Å²) in [5.41, 5.74) is 3.72. The summed E-state index contributed by atoms with van der Waals surface area (Å²) in [6.07, 6.45) is 4.11. The number of anilines is 1. The average molecular weight is 280 g/mol. The van der Waals surface area contributed by atoms with E-state index in [0.29, 0.717) is 0 Å². The first kappa shape index (κ1) is 13.2. The first-order valence-corrected chi connectivity index (χ1v) is 6.83. The van der Waals surface area contributed by atoms with Gasteiger partial charge in [-0.05, 0) is 18.6 Å². The zero-order chi connectivity index (χ0) is 14.7. The van der Waals surface area contributed by atoms with Gasteiger partial charge in [0.25, 0.3) is 0 Å². The number of nitrogens with zero attached hydrogens (tertiary/aromatic N) is 5. The number of nitrogens with one attached hydrogen (secondary N) is 1. The van der Waals surface area contributed by atoms with Crippen LogP contribution in [0, 0.1) is 0 Å². The lowest BCUT2D eigenvalue weighted by Gasteiger charge is -2.12. The molecule has 0 amide bonds. The van der Waals surface area contributed by atoms with Gasteiger partial charge < -0.3 is 5.32 Å². The van der Waals surface area contributed by atoms with Crippen molar-refractivity contribution in [3.8, 4) is 17.1 Å². The van der Waals surface area contributed by atoms with Gasteiger partial charge in [-0.1, -0.05) is 30.3 Å². The van der Waals surface area contributed by atoms with Gasteiger partial charge in [-0.15, -0.1) is 5.10 Å². The van der Waals surface area contributed by atoms with Crippen molar-refractivity contribution in [1.29, 1.82) is 0 Å². The van der Waals surface area contributed by atoms with Crippen LogP contribution in [-0.2, 0) is 6.42 Å². The summed E-state index contributed by atoms with van der Waals surface area (Å²) in [7, 11) is 1.86. The molecule has 6 heteroatoms. The summed E-state index contributed by atoms with van der Waals surface area (Å²) in [5.74, 6) is 0.836. The van der Waals surface area contributed by atoms with E-state index in [1.54, 1.807) is 17.2 Å². The van der Waals surface area contributed by atoms with E-state index in [1.165, 1.54) is 0 Å². The summed E-state index contributed by atoms with van der Waals surface area (Å²) in [6, 6.07) is 9.90. The van der Waals surface area contributed by atoms with Crippen LogP contribution in [-0.4, -0.2) is 32.0 Å². The normalized spacial score (nSPS) is 10.6. The second-order valence-electron chi connectivity index (χ2n) is 4.52. The lowest BCUT2D eigenvalue weighted by molar-refractivity contribution is 0.804. The molecule has 0 spiro atoms. The van der Waals surface area contributed by atoms with Crippen LogP contribution in [0.25, 0.3) is 17.1 Å². The first-order valence-electron chi connectivity index (χ1n) is 6.83. The fourth-order valence-electron chi connectivity index (χ4n) is 2.34. The third-order valence-electron chi connectivity index (χ3n) is 3.33. The highest BCUT2D eigenvalue weighted by Gasteiger charge is 2.16. The lowest BCUT2D eigenvalue weighted by atomic mass is 10.1. The Bertz CT molecular complexity index is 735. The second-order valence-corrected chi connectivity index (χ2v) is 4.52. The lowest BCUT2D eigenvalue weighted by Crippen LogP contribution is -2.05. The molecule has 0 atom stereocenters. The van der Waals surface area contributed by atoms with E-state index in [4.69, 9.17) is 0 Å². The summed E-state index contributed by atoms with van der Waals surface area (Å²) < 4.78 is 1.79. The van der Waals surface area contributed by atoms with Crippen molar-refractivity contribution in [2.75, 3.05) is 12.4 Å². The van der Waals surface area contributed by atoms with Gasteiger partial charge in [0.1, 0.15) is 17.8 Å². The minimum absolute atomic E-state index is 0.826. The highest BCUT2D eigenvalue weighted by Crippen LogP contribution is 2.26. The standard InChI is InChI=1S/C15H16N6/c1-3-12-14(17-10-18-15(12)16-2)13-9-19-20-21(13)11-7-5-4-6-8-11/h4-10H,3H2,1-2H3,(H,16,17,18). The quantitative estimate of drug-likeness (QED) is 0.794. The predicted octanol–water partition coefficient (Wildman–Crippen LogP) is 2.33. The molecule has 3 rings (SSSR count). The molecule has 1 N–H and O–H groups in total. The van der Waals surface area contributed by atoms with E-state index in [0.717, 1.165) is 34.9 Å². The Labute approximate surface area is 122 Å². The largest absolute Gasteiger partial charge is 0.373 e. The number of benzene rings is 1. The molecule has 0 saturated heterocycles. The molecule has 6 nitrogen and oxygen atoms in total. The molecule has 0 aliphatic rings. The van der Waals surface area contributed by atoms with Gasteiger partial charge in [0.15, 0.2) is 0 Å². The van der Waals surface area contributed by atoms with E-state index < -0.39 is 0 Å². The molecule has 0 unspecified atom stereocenters. The van der Waals surface area contributed by atoms with Gasteiger partial charge >= 0.3 is 0 Å². The second kappa shape index (κ2) is 5.70. The van der Waals surface area contributed by atoms with Gasteiger partial charge in [0.05, 0.1) is 17.6 Å². The van der Waals surface area contributed by atoms with Crippen LogP contribution >= 0.6 is 0 Å². The molecular formula is C15H16N6. The van der Waals surface area contributed by atoms with Crippen molar-refractivity contribution in [3.05, 3.63) is 48.4 Å². The molecule has 106 valence electrons. The van der Waals surface area contributed by atoms with E-state index in [9.17, 15) is 0 Å². The monoisotopic (exact) mass is 280 g/mol. The van der Waals surface area contributed by atoms with Crippen LogP contribution < -0.4 is 5.32 Å². The van der Waals surface area contributed by atoms with Gasteiger partial charge in [0.2, 0.25) is 0 Å². The smallest absolute Gasteiger partial charge is 0.132 e. The maximum atomic E-state index is 4.43. The van der Waals surface area contributed by atoms with Crippen LogP contribution in [0.3, 0.4) is 0 Å². The van der Waals surface area contributed by atoms with E-state index >= 15 is 0 Å². The minimum atomic E-state index is 0.826. The Morgan fingerprint density at radius 2 is 1.95 bits per heavy atom. The van der Waals surface area contributed by atoms with Gasteiger partial charge in [-0.3, -0.25) is 0 Å². The number of hydrogen-bond acceptors (Lipinski definition) is 5. The zero-order valence-corrected chi connectivity index (χ0v) is 12.0. The zero-order valence-electron chi connectivity index (χ0n) is 12.0. The summed E-state index contributed by atoms with van der Waals surface area (Å²) >= 11 is 0. The van der Waals surface area contributed by atoms with Crippen LogP contribution in [0.5, 0.6) is 0 Å². The SMILES string of the molecule is CCc1c(NC)ncnc1-c1cnnn1-c1ccccc1.